The number of rotatable bonds is 4. The molecule has 2 saturated heterocycles. The van der Waals surface area contributed by atoms with Crippen LogP contribution in [0.1, 0.15) is 5.56 Å². The summed E-state index contributed by atoms with van der Waals surface area (Å²) in [6.45, 7) is 0.860. The quantitative estimate of drug-likeness (QED) is 0.670. The number of amides is 1. The smallest absolute Gasteiger partial charge is 0.241 e. The van der Waals surface area contributed by atoms with E-state index >= 15 is 0 Å². The summed E-state index contributed by atoms with van der Waals surface area (Å²) in [6.07, 6.45) is 0.742. The molecule has 0 spiro atoms. The first-order valence-corrected chi connectivity index (χ1v) is 12.1. The largest absolute Gasteiger partial charge is 0.306 e. The third kappa shape index (κ3) is 4.13. The van der Waals surface area contributed by atoms with Crippen LogP contribution in [0.2, 0.25) is 5.02 Å². The van der Waals surface area contributed by atoms with E-state index in [2.05, 4.69) is 15.9 Å². The summed E-state index contributed by atoms with van der Waals surface area (Å²) in [5, 5.41) is 0.684. The lowest BCUT2D eigenvalue weighted by Gasteiger charge is -2.43. The maximum Gasteiger partial charge on any atom is 0.241 e. The van der Waals surface area contributed by atoms with Gasteiger partial charge in [0.1, 0.15) is 0 Å². The van der Waals surface area contributed by atoms with Crippen molar-refractivity contribution in [2.75, 3.05) is 29.5 Å². The second-order valence-corrected chi connectivity index (χ2v) is 10.8. The van der Waals surface area contributed by atoms with E-state index < -0.39 is 9.84 Å². The molecule has 0 N–H and O–H groups in total. The fourth-order valence-corrected chi connectivity index (χ4v) is 6.44. The number of halogens is 2. The molecule has 2 heterocycles. The van der Waals surface area contributed by atoms with Crippen molar-refractivity contribution in [1.82, 2.24) is 4.90 Å². The molecule has 0 aliphatic carbocycles. The van der Waals surface area contributed by atoms with E-state index in [1.807, 2.05) is 53.4 Å². The fourth-order valence-electron chi connectivity index (χ4n) is 4.06. The average molecular weight is 484 g/mol. The molecule has 0 unspecified atom stereocenters. The Hall–Kier alpha value is -1.41. The van der Waals surface area contributed by atoms with E-state index in [0.717, 1.165) is 22.1 Å². The van der Waals surface area contributed by atoms with Gasteiger partial charge in [-0.15, -0.1) is 0 Å². The van der Waals surface area contributed by atoms with Crippen molar-refractivity contribution in [1.29, 1.82) is 0 Å². The maximum atomic E-state index is 13.0. The normalized spacial score (nSPS) is 24.4. The Morgan fingerprint density at radius 1 is 1.00 bits per heavy atom. The molecule has 28 heavy (non-hydrogen) atoms. The Bertz CT molecular complexity index is 980. The van der Waals surface area contributed by atoms with Crippen LogP contribution in [0.15, 0.2) is 53.0 Å². The van der Waals surface area contributed by atoms with Gasteiger partial charge in [-0.3, -0.25) is 9.69 Å². The van der Waals surface area contributed by atoms with E-state index in [9.17, 15) is 13.2 Å². The number of carbonyl (C=O) groups is 1. The molecule has 2 aliphatic rings. The maximum absolute atomic E-state index is 13.0. The predicted octanol–water partition coefficient (Wildman–Crippen LogP) is 3.16. The number of fused-ring (bicyclic) bond motifs is 1. The van der Waals surface area contributed by atoms with Crippen LogP contribution >= 0.6 is 27.5 Å². The number of benzene rings is 2. The lowest BCUT2D eigenvalue weighted by Crippen LogP contribution is -2.62. The SMILES string of the molecule is O=C1CN(CCc2ccc(Cl)cc2)[C@H]2CS(=O)(=O)C[C@H]2N1c1ccc(Br)cc1. The van der Waals surface area contributed by atoms with Crippen LogP contribution in [0.3, 0.4) is 0 Å². The minimum Gasteiger partial charge on any atom is -0.306 e. The highest BCUT2D eigenvalue weighted by Gasteiger charge is 2.49. The Morgan fingerprint density at radius 3 is 2.32 bits per heavy atom. The summed E-state index contributed by atoms with van der Waals surface area (Å²) < 4.78 is 25.7. The molecular formula is C20H20BrClN2O3S. The molecule has 148 valence electrons. The highest BCUT2D eigenvalue weighted by atomic mass is 79.9. The van der Waals surface area contributed by atoms with E-state index in [1.54, 1.807) is 4.90 Å². The van der Waals surface area contributed by atoms with Gasteiger partial charge in [-0.05, 0) is 48.4 Å². The van der Waals surface area contributed by atoms with Gasteiger partial charge in [-0.25, -0.2) is 8.42 Å². The van der Waals surface area contributed by atoms with E-state index in [0.29, 0.717) is 11.6 Å². The first-order valence-electron chi connectivity index (χ1n) is 9.09. The highest BCUT2D eigenvalue weighted by molar-refractivity contribution is 9.10. The molecule has 2 aromatic rings. The molecule has 2 atom stereocenters. The summed E-state index contributed by atoms with van der Waals surface area (Å²) in [7, 11) is -3.19. The molecule has 0 aromatic heterocycles. The number of nitrogens with zero attached hydrogens (tertiary/aromatic N) is 2. The zero-order valence-electron chi connectivity index (χ0n) is 15.1. The van der Waals surface area contributed by atoms with Crippen molar-refractivity contribution in [3.05, 3.63) is 63.6 Å². The van der Waals surface area contributed by atoms with Gasteiger partial charge in [-0.1, -0.05) is 39.7 Å². The van der Waals surface area contributed by atoms with Crippen molar-refractivity contribution in [2.45, 2.75) is 18.5 Å². The molecule has 4 rings (SSSR count). The van der Waals surface area contributed by atoms with Crippen LogP contribution in [0.4, 0.5) is 5.69 Å². The monoisotopic (exact) mass is 482 g/mol. The van der Waals surface area contributed by atoms with E-state index in [-0.39, 0.29) is 36.0 Å². The number of hydrogen-bond acceptors (Lipinski definition) is 4. The highest BCUT2D eigenvalue weighted by Crippen LogP contribution is 2.32. The number of sulfone groups is 1. The van der Waals surface area contributed by atoms with Gasteiger partial charge in [-0.2, -0.15) is 0 Å². The van der Waals surface area contributed by atoms with Crippen molar-refractivity contribution < 1.29 is 13.2 Å². The first kappa shape index (κ1) is 19.9. The molecule has 5 nitrogen and oxygen atoms in total. The van der Waals surface area contributed by atoms with Gasteiger partial charge in [0.05, 0.1) is 24.1 Å². The van der Waals surface area contributed by atoms with Crippen molar-refractivity contribution >= 4 is 49.0 Å². The summed E-state index contributed by atoms with van der Waals surface area (Å²) in [5.74, 6) is 0.0481. The zero-order chi connectivity index (χ0) is 19.9. The number of anilines is 1. The van der Waals surface area contributed by atoms with Gasteiger partial charge in [0.2, 0.25) is 5.91 Å². The average Bonchev–Trinajstić information content (AvgIpc) is 2.97. The third-order valence-corrected chi connectivity index (χ3v) is 7.89. The Kier molecular flexibility index (Phi) is 5.53. The molecule has 8 heteroatoms. The van der Waals surface area contributed by atoms with Gasteiger partial charge >= 0.3 is 0 Å². The Morgan fingerprint density at radius 2 is 1.64 bits per heavy atom. The second kappa shape index (κ2) is 7.78. The van der Waals surface area contributed by atoms with Crippen LogP contribution in [0, 0.1) is 0 Å². The summed E-state index contributed by atoms with van der Waals surface area (Å²) in [4.78, 5) is 16.7. The van der Waals surface area contributed by atoms with E-state index in [1.165, 1.54) is 0 Å². The second-order valence-electron chi connectivity index (χ2n) is 7.30. The van der Waals surface area contributed by atoms with Crippen molar-refractivity contribution in [2.24, 2.45) is 0 Å². The third-order valence-electron chi connectivity index (χ3n) is 5.41. The Labute approximate surface area is 178 Å². The minimum atomic E-state index is -3.19. The summed E-state index contributed by atoms with van der Waals surface area (Å²) in [6, 6.07) is 14.5. The molecule has 2 aliphatic heterocycles. The van der Waals surface area contributed by atoms with Gasteiger partial charge in [0.25, 0.3) is 0 Å². The molecule has 2 fully saturated rings. The Balaban J connectivity index is 1.57. The number of carbonyl (C=O) groups excluding carboxylic acids is 1. The number of piperazine rings is 1. The molecule has 0 saturated carbocycles. The van der Waals surface area contributed by atoms with Crippen molar-refractivity contribution in [3.8, 4) is 0 Å². The molecule has 0 bridgehead atoms. The predicted molar refractivity (Wildman–Crippen MR) is 115 cm³/mol. The van der Waals surface area contributed by atoms with Gasteiger partial charge in [0, 0.05) is 27.8 Å². The number of hydrogen-bond donors (Lipinski definition) is 0. The molecule has 0 radical (unpaired) electrons. The topological polar surface area (TPSA) is 57.7 Å². The van der Waals surface area contributed by atoms with Crippen LogP contribution in [-0.2, 0) is 21.1 Å². The molecule has 2 aromatic carbocycles. The summed E-state index contributed by atoms with van der Waals surface area (Å²) >= 11 is 9.34. The fraction of sp³-hybridized carbons (Fsp3) is 0.350. The van der Waals surface area contributed by atoms with Crippen LogP contribution in [0.25, 0.3) is 0 Å². The van der Waals surface area contributed by atoms with Crippen LogP contribution in [-0.4, -0.2) is 55.9 Å². The van der Waals surface area contributed by atoms with Crippen LogP contribution in [0.5, 0.6) is 0 Å². The lowest BCUT2D eigenvalue weighted by atomic mass is 10.0. The van der Waals surface area contributed by atoms with Gasteiger partial charge < -0.3 is 4.90 Å². The van der Waals surface area contributed by atoms with Crippen LogP contribution < -0.4 is 4.90 Å². The van der Waals surface area contributed by atoms with Crippen molar-refractivity contribution in [3.63, 3.8) is 0 Å². The summed E-state index contributed by atoms with van der Waals surface area (Å²) in [5.41, 5.74) is 1.86. The molecular weight excluding hydrogens is 464 g/mol. The zero-order valence-corrected chi connectivity index (χ0v) is 18.3. The van der Waals surface area contributed by atoms with Gasteiger partial charge in [0.15, 0.2) is 9.84 Å². The molecule has 1 amide bonds. The lowest BCUT2D eigenvalue weighted by molar-refractivity contribution is -0.123. The van der Waals surface area contributed by atoms with E-state index in [4.69, 9.17) is 11.6 Å². The minimum absolute atomic E-state index is 0.0108. The standard InChI is InChI=1S/C20H20BrClN2O3S/c21-15-3-7-17(8-4-15)24-19-13-28(26,27)12-18(19)23(11-20(24)25)10-9-14-1-5-16(22)6-2-14/h1-8,18-19H,9-13H2/t18-,19+/m0/s1. The first-order chi connectivity index (χ1) is 13.3.